The molecule has 2 amide bonds. The molecule has 1 N–H and O–H groups in total. The molecule has 0 radical (unpaired) electrons. The average molecular weight is 479 g/mol. The van der Waals surface area contributed by atoms with Crippen LogP contribution in [-0.4, -0.2) is 42.7 Å². The third-order valence-electron chi connectivity index (χ3n) is 5.64. The lowest BCUT2D eigenvalue weighted by molar-refractivity contribution is -0.126. The minimum atomic E-state index is -0.457. The highest BCUT2D eigenvalue weighted by molar-refractivity contribution is 6.15. The van der Waals surface area contributed by atoms with Gasteiger partial charge in [0.2, 0.25) is 11.8 Å². The molecule has 0 saturated carbocycles. The van der Waals surface area contributed by atoms with Crippen LogP contribution in [0, 0.1) is 0 Å². The Morgan fingerprint density at radius 3 is 1.86 bits per heavy atom. The van der Waals surface area contributed by atoms with Gasteiger partial charge in [-0.2, -0.15) is 0 Å². The zero-order chi connectivity index (χ0) is 25.3. The number of anilines is 1. The fraction of sp³-hybridized carbons (Fsp3) is 0.100. The van der Waals surface area contributed by atoms with Gasteiger partial charge in [-0.15, -0.1) is 0 Å². The molecule has 36 heavy (non-hydrogen) atoms. The van der Waals surface area contributed by atoms with E-state index in [4.69, 9.17) is 4.74 Å². The second-order valence-corrected chi connectivity index (χ2v) is 8.21. The molecule has 0 bridgehead atoms. The van der Waals surface area contributed by atoms with E-state index in [9.17, 15) is 14.4 Å². The van der Waals surface area contributed by atoms with Gasteiger partial charge < -0.3 is 15.0 Å². The van der Waals surface area contributed by atoms with Crippen molar-refractivity contribution in [1.29, 1.82) is 0 Å². The summed E-state index contributed by atoms with van der Waals surface area (Å²) in [5, 5.41) is 2.71. The van der Waals surface area contributed by atoms with Crippen LogP contribution in [0.15, 0.2) is 108 Å². The summed E-state index contributed by atoms with van der Waals surface area (Å²) in [7, 11) is 1.52. The largest absolute Gasteiger partial charge is 0.495 e. The standard InChI is InChI=1S/C30H26N2O4/c1-36-27-15-9-8-14-26(27)31-28(33)16-17-29(34)32-20-24(18-22-10-4-2-5-11-22)30(35)25(21-32)19-23-12-6-3-7-13-23/h2-19H,20-21H2,1H3,(H,31,33)/b17-16-,24-18+,25-19+. The van der Waals surface area contributed by atoms with Gasteiger partial charge in [-0.05, 0) is 35.4 Å². The molecule has 1 aliphatic rings. The van der Waals surface area contributed by atoms with Crippen molar-refractivity contribution >= 4 is 35.4 Å². The third-order valence-corrected chi connectivity index (χ3v) is 5.64. The Morgan fingerprint density at radius 1 is 0.778 bits per heavy atom. The van der Waals surface area contributed by atoms with E-state index in [1.807, 2.05) is 60.7 Å². The number of ketones is 1. The molecular formula is C30H26N2O4. The summed E-state index contributed by atoms with van der Waals surface area (Å²) in [6.07, 6.45) is 6.02. The molecule has 3 aromatic carbocycles. The van der Waals surface area contributed by atoms with Crippen LogP contribution in [0.25, 0.3) is 12.2 Å². The van der Waals surface area contributed by atoms with Crippen molar-refractivity contribution in [3.63, 3.8) is 0 Å². The summed E-state index contributed by atoms with van der Waals surface area (Å²) in [5.41, 5.74) is 3.28. The number of hydrogen-bond acceptors (Lipinski definition) is 4. The molecule has 1 saturated heterocycles. The quantitative estimate of drug-likeness (QED) is 0.518. The first kappa shape index (κ1) is 24.4. The molecule has 6 heteroatoms. The lowest BCUT2D eigenvalue weighted by Gasteiger charge is -2.29. The van der Waals surface area contributed by atoms with Gasteiger partial charge in [0.15, 0.2) is 5.78 Å². The van der Waals surface area contributed by atoms with Gasteiger partial charge in [-0.3, -0.25) is 14.4 Å². The van der Waals surface area contributed by atoms with Crippen molar-refractivity contribution in [3.8, 4) is 5.75 Å². The van der Waals surface area contributed by atoms with Crippen LogP contribution < -0.4 is 10.1 Å². The molecule has 4 rings (SSSR count). The number of carbonyl (C=O) groups is 3. The summed E-state index contributed by atoms with van der Waals surface area (Å²) in [4.78, 5) is 40.3. The Bertz CT molecular complexity index is 1280. The highest BCUT2D eigenvalue weighted by Crippen LogP contribution is 2.24. The smallest absolute Gasteiger partial charge is 0.248 e. The van der Waals surface area contributed by atoms with Crippen molar-refractivity contribution in [2.24, 2.45) is 0 Å². The van der Waals surface area contributed by atoms with Crippen LogP contribution in [0.5, 0.6) is 5.75 Å². The van der Waals surface area contributed by atoms with E-state index in [2.05, 4.69) is 5.32 Å². The van der Waals surface area contributed by atoms with Gasteiger partial charge in [0.25, 0.3) is 0 Å². The number of benzene rings is 3. The second-order valence-electron chi connectivity index (χ2n) is 8.21. The zero-order valence-electron chi connectivity index (χ0n) is 19.9. The van der Waals surface area contributed by atoms with Gasteiger partial charge in [-0.25, -0.2) is 0 Å². The number of piperidine rings is 1. The lowest BCUT2D eigenvalue weighted by Crippen LogP contribution is -2.41. The Kier molecular flexibility index (Phi) is 7.88. The fourth-order valence-corrected chi connectivity index (χ4v) is 3.87. The molecule has 3 aromatic rings. The summed E-state index contributed by atoms with van der Waals surface area (Å²) in [5.74, 6) is -0.396. The normalized spacial score (nSPS) is 15.9. The maximum absolute atomic E-state index is 13.3. The van der Waals surface area contributed by atoms with Gasteiger partial charge in [0.05, 0.1) is 25.9 Å². The van der Waals surface area contributed by atoms with Crippen LogP contribution in [0.4, 0.5) is 5.69 Å². The number of likely N-dealkylation sites (tertiary alicyclic amines) is 1. The van der Waals surface area contributed by atoms with E-state index in [1.54, 1.807) is 41.3 Å². The highest BCUT2D eigenvalue weighted by atomic mass is 16.5. The van der Waals surface area contributed by atoms with E-state index in [-0.39, 0.29) is 24.8 Å². The molecule has 1 aliphatic heterocycles. The average Bonchev–Trinajstić information content (AvgIpc) is 2.91. The van der Waals surface area contributed by atoms with Gasteiger partial charge in [-0.1, -0.05) is 72.8 Å². The maximum Gasteiger partial charge on any atom is 0.248 e. The van der Waals surface area contributed by atoms with E-state index in [1.165, 1.54) is 19.3 Å². The van der Waals surface area contributed by atoms with E-state index in [0.717, 1.165) is 11.1 Å². The van der Waals surface area contributed by atoms with Gasteiger partial charge in [0, 0.05) is 23.3 Å². The molecule has 1 fully saturated rings. The Balaban J connectivity index is 1.55. The number of carbonyl (C=O) groups excluding carboxylic acids is 3. The van der Waals surface area contributed by atoms with Gasteiger partial charge >= 0.3 is 0 Å². The number of rotatable bonds is 6. The number of Topliss-reactive ketones (excluding diaryl/α,β-unsaturated/α-hetero) is 1. The predicted octanol–water partition coefficient (Wildman–Crippen LogP) is 4.77. The van der Waals surface area contributed by atoms with E-state index < -0.39 is 5.91 Å². The Morgan fingerprint density at radius 2 is 1.31 bits per heavy atom. The highest BCUT2D eigenvalue weighted by Gasteiger charge is 2.28. The number of nitrogens with one attached hydrogen (secondary N) is 1. The van der Waals surface area contributed by atoms with Crippen molar-refractivity contribution in [1.82, 2.24) is 4.90 Å². The predicted molar refractivity (Wildman–Crippen MR) is 141 cm³/mol. The van der Waals surface area contributed by atoms with E-state index in [0.29, 0.717) is 22.6 Å². The van der Waals surface area contributed by atoms with Crippen molar-refractivity contribution in [2.75, 3.05) is 25.5 Å². The van der Waals surface area contributed by atoms with Crippen LogP contribution >= 0.6 is 0 Å². The first-order valence-corrected chi connectivity index (χ1v) is 11.5. The fourth-order valence-electron chi connectivity index (χ4n) is 3.87. The summed E-state index contributed by atoms with van der Waals surface area (Å²) >= 11 is 0. The maximum atomic E-state index is 13.3. The molecule has 1 heterocycles. The minimum absolute atomic E-state index is 0.0929. The summed E-state index contributed by atoms with van der Waals surface area (Å²) in [6.45, 7) is 0.300. The Labute approximate surface area is 210 Å². The SMILES string of the molecule is COc1ccccc1NC(=O)/C=C\C(=O)N1C/C(=C\c2ccccc2)C(=O)/C(=C/c2ccccc2)C1. The molecular weight excluding hydrogens is 452 g/mol. The third kappa shape index (κ3) is 6.24. The first-order valence-electron chi connectivity index (χ1n) is 11.5. The topological polar surface area (TPSA) is 75.7 Å². The lowest BCUT2D eigenvalue weighted by atomic mass is 9.94. The number of methoxy groups -OCH3 is 1. The second kappa shape index (κ2) is 11.6. The van der Waals surface area contributed by atoms with Crippen LogP contribution in [0.2, 0.25) is 0 Å². The van der Waals surface area contributed by atoms with E-state index >= 15 is 0 Å². The van der Waals surface area contributed by atoms with Crippen LogP contribution in [0.3, 0.4) is 0 Å². The molecule has 0 atom stereocenters. The van der Waals surface area contributed by atoms with Gasteiger partial charge in [0.1, 0.15) is 5.75 Å². The van der Waals surface area contributed by atoms with Crippen molar-refractivity contribution in [2.45, 2.75) is 0 Å². The molecule has 0 unspecified atom stereocenters. The molecule has 0 spiro atoms. The molecule has 6 nitrogen and oxygen atoms in total. The minimum Gasteiger partial charge on any atom is -0.495 e. The molecule has 0 aromatic heterocycles. The number of hydrogen-bond donors (Lipinski definition) is 1. The number of para-hydroxylation sites is 2. The Hall–Kier alpha value is -4.71. The summed E-state index contributed by atoms with van der Waals surface area (Å²) < 4.78 is 5.24. The van der Waals surface area contributed by atoms with Crippen molar-refractivity contribution < 1.29 is 19.1 Å². The van der Waals surface area contributed by atoms with Crippen molar-refractivity contribution in [3.05, 3.63) is 119 Å². The number of ether oxygens (including phenoxy) is 1. The monoisotopic (exact) mass is 478 g/mol. The zero-order valence-corrected chi connectivity index (χ0v) is 19.9. The first-order chi connectivity index (χ1) is 17.5. The number of amides is 2. The molecule has 180 valence electrons. The molecule has 0 aliphatic carbocycles. The summed E-state index contributed by atoms with van der Waals surface area (Å²) in [6, 6.07) is 26.0. The number of nitrogens with zero attached hydrogens (tertiary/aromatic N) is 1. The van der Waals surface area contributed by atoms with Crippen LogP contribution in [0.1, 0.15) is 11.1 Å². The van der Waals surface area contributed by atoms with Crippen LogP contribution in [-0.2, 0) is 14.4 Å².